The molecule has 2 N–H and O–H groups in total. The first-order chi connectivity index (χ1) is 9.08. The second-order valence-corrected chi connectivity index (χ2v) is 6.11. The van der Waals surface area contributed by atoms with E-state index in [-0.39, 0.29) is 26.1 Å². The van der Waals surface area contributed by atoms with E-state index in [0.717, 1.165) is 8.92 Å². The first-order valence-electron chi connectivity index (χ1n) is 5.45. The average molecular weight is 322 g/mol. The maximum absolute atomic E-state index is 10.7. The van der Waals surface area contributed by atoms with Gasteiger partial charge in [-0.1, -0.05) is 0 Å². The van der Waals surface area contributed by atoms with Crippen molar-refractivity contribution in [2.45, 2.75) is 0 Å². The van der Waals surface area contributed by atoms with Crippen molar-refractivity contribution in [1.29, 1.82) is 0 Å². The van der Waals surface area contributed by atoms with E-state index in [1.807, 2.05) is 30.3 Å². The molecule has 0 fully saturated rings. The van der Waals surface area contributed by atoms with Gasteiger partial charge in [-0.3, -0.25) is 0 Å². The summed E-state index contributed by atoms with van der Waals surface area (Å²) in [5, 5.41) is 29.4. The van der Waals surface area contributed by atoms with Crippen molar-refractivity contribution in [2.75, 3.05) is 0 Å². The quantitative estimate of drug-likeness (QED) is 0.427. The number of non-ortho nitro benzene ring substituents is 1. The van der Waals surface area contributed by atoms with Crippen molar-refractivity contribution in [3.63, 3.8) is 0 Å². The number of hydrogen-bond acceptors (Lipinski definition) is 4. The molecule has 19 heavy (non-hydrogen) atoms. The summed E-state index contributed by atoms with van der Waals surface area (Å²) in [4.78, 5) is 10.1. The normalized spacial score (nSPS) is 10.2. The molecule has 0 amide bonds. The molecule has 2 aromatic rings. The molecule has 0 aliphatic heterocycles. The van der Waals surface area contributed by atoms with E-state index in [9.17, 15) is 20.2 Å². The van der Waals surface area contributed by atoms with Gasteiger partial charge in [0.25, 0.3) is 0 Å². The second-order valence-electron chi connectivity index (χ2n) is 3.77. The van der Waals surface area contributed by atoms with Crippen LogP contribution in [0.4, 0.5) is 5.69 Å². The number of benzene rings is 2. The van der Waals surface area contributed by atoms with Crippen LogP contribution in [-0.4, -0.2) is 37.0 Å². The Morgan fingerprint density at radius 3 is 2.37 bits per heavy atom. The molecular weight excluding hydrogens is 312 g/mol. The van der Waals surface area contributed by atoms with E-state index >= 15 is 0 Å². The summed E-state index contributed by atoms with van der Waals surface area (Å²) in [6.45, 7) is 0. The van der Waals surface area contributed by atoms with Crippen LogP contribution in [0.5, 0.6) is 0 Å². The average Bonchev–Trinajstić information content (AvgIpc) is 2.39. The minimum absolute atomic E-state index is 0.130. The van der Waals surface area contributed by atoms with Crippen molar-refractivity contribution < 1.29 is 15.0 Å². The molecule has 0 aliphatic rings. The third kappa shape index (κ3) is 3.42. The number of nitro benzene ring substituents is 1. The zero-order valence-electron chi connectivity index (χ0n) is 9.76. The van der Waals surface area contributed by atoms with Crippen LogP contribution < -0.4 is 14.4 Å². The van der Waals surface area contributed by atoms with E-state index in [2.05, 4.69) is 0 Å². The van der Waals surface area contributed by atoms with Gasteiger partial charge in [0.15, 0.2) is 0 Å². The molecule has 5 nitrogen and oxygen atoms in total. The molecule has 2 rings (SSSR count). The summed E-state index contributed by atoms with van der Waals surface area (Å²) >= 11 is -0.130. The van der Waals surface area contributed by atoms with Crippen molar-refractivity contribution in [1.82, 2.24) is 0 Å². The predicted molar refractivity (Wildman–Crippen MR) is 74.4 cm³/mol. The summed E-state index contributed by atoms with van der Waals surface area (Å²) in [5.41, 5.74) is 0.0498. The van der Waals surface area contributed by atoms with Gasteiger partial charge in [-0.15, -0.1) is 0 Å². The molecule has 0 saturated carbocycles. The number of hydrogen-bond donors (Lipinski definition) is 2. The molecule has 0 heterocycles. The third-order valence-corrected chi connectivity index (χ3v) is 4.76. The molecule has 0 atom stereocenters. The van der Waals surface area contributed by atoms with E-state index in [1.54, 1.807) is 6.07 Å². The molecule has 96 valence electrons. The zero-order valence-corrected chi connectivity index (χ0v) is 11.5. The van der Waals surface area contributed by atoms with Gasteiger partial charge in [-0.05, 0) is 0 Å². The Balaban J connectivity index is 2.37. The van der Waals surface area contributed by atoms with Crippen LogP contribution in [0.15, 0.2) is 48.5 Å². The van der Waals surface area contributed by atoms with Crippen molar-refractivity contribution in [3.05, 3.63) is 58.6 Å². The van der Waals surface area contributed by atoms with E-state index < -0.39 is 12.0 Å². The second kappa shape index (κ2) is 5.99. The van der Waals surface area contributed by atoms with E-state index in [0.29, 0.717) is 0 Å². The van der Waals surface area contributed by atoms with Crippen LogP contribution >= 0.6 is 0 Å². The van der Waals surface area contributed by atoms with E-state index in [1.165, 1.54) is 12.1 Å². The van der Waals surface area contributed by atoms with Crippen molar-refractivity contribution >= 4 is 42.1 Å². The minimum atomic E-state index is -1.71. The van der Waals surface area contributed by atoms with Gasteiger partial charge < -0.3 is 0 Å². The Kier molecular flexibility index (Phi) is 4.34. The molecule has 0 aliphatic carbocycles. The maximum atomic E-state index is 10.7. The Labute approximate surface area is 116 Å². The zero-order chi connectivity index (χ0) is 13.8. The van der Waals surface area contributed by atoms with Gasteiger partial charge in [0.2, 0.25) is 0 Å². The van der Waals surface area contributed by atoms with Crippen LogP contribution in [0.25, 0.3) is 0 Å². The number of nitrogens with zero attached hydrogens (tertiary/aromatic N) is 1. The fraction of sp³-hybridized carbons (Fsp3) is 0. The molecule has 0 spiro atoms. The molecule has 0 aromatic heterocycles. The van der Waals surface area contributed by atoms with Crippen molar-refractivity contribution in [3.8, 4) is 0 Å². The van der Waals surface area contributed by atoms with Gasteiger partial charge in [0.05, 0.1) is 0 Å². The first-order valence-corrected chi connectivity index (χ1v) is 7.16. The summed E-state index contributed by atoms with van der Waals surface area (Å²) in [6.07, 6.45) is 0. The molecule has 0 saturated heterocycles. The number of nitro groups is 1. The SMILES string of the molecule is O=[N+]([O-])c1ccc([Se]c2ccccc2)c(B(O)O)c1. The summed E-state index contributed by atoms with van der Waals surface area (Å²) in [6, 6.07) is 13.8. The monoisotopic (exact) mass is 323 g/mol. The third-order valence-electron chi connectivity index (χ3n) is 2.45. The topological polar surface area (TPSA) is 83.6 Å². The summed E-state index contributed by atoms with van der Waals surface area (Å²) in [7, 11) is -1.71. The van der Waals surface area contributed by atoms with Gasteiger partial charge in [0, 0.05) is 0 Å². The van der Waals surface area contributed by atoms with Crippen LogP contribution in [0, 0.1) is 10.1 Å². The van der Waals surface area contributed by atoms with Gasteiger partial charge in [-0.2, -0.15) is 0 Å². The summed E-state index contributed by atoms with van der Waals surface area (Å²) in [5.74, 6) is 0. The molecule has 0 bridgehead atoms. The molecule has 7 heteroatoms. The molecule has 2 aromatic carbocycles. The first kappa shape index (κ1) is 13.8. The van der Waals surface area contributed by atoms with Gasteiger partial charge >= 0.3 is 116 Å². The fourth-order valence-electron chi connectivity index (χ4n) is 1.56. The van der Waals surface area contributed by atoms with Gasteiger partial charge in [0.1, 0.15) is 0 Å². The summed E-state index contributed by atoms with van der Waals surface area (Å²) < 4.78 is 1.78. The Hall–Kier alpha value is -1.66. The predicted octanol–water partition coefficient (Wildman–Crippen LogP) is -1.07. The molecule has 0 radical (unpaired) electrons. The van der Waals surface area contributed by atoms with Crippen LogP contribution in [-0.2, 0) is 0 Å². The number of rotatable bonds is 4. The van der Waals surface area contributed by atoms with Gasteiger partial charge in [-0.25, -0.2) is 0 Å². The molecule has 0 unspecified atom stereocenters. The Morgan fingerprint density at radius 1 is 1.11 bits per heavy atom. The Morgan fingerprint density at radius 2 is 1.79 bits per heavy atom. The van der Waals surface area contributed by atoms with Crippen LogP contribution in [0.3, 0.4) is 0 Å². The standard InChI is InChI=1S/C12H10BNO4Se/c15-13(16)11-8-9(14(17)18)6-7-12(11)19-10-4-2-1-3-5-10/h1-8,15-16H. The molecular formula is C12H10BNO4Se. The van der Waals surface area contributed by atoms with Crippen LogP contribution in [0.2, 0.25) is 0 Å². The fourth-order valence-corrected chi connectivity index (χ4v) is 3.59. The Bertz CT molecular complexity index is 592. The van der Waals surface area contributed by atoms with Crippen LogP contribution in [0.1, 0.15) is 0 Å². The van der Waals surface area contributed by atoms with Crippen molar-refractivity contribution in [2.24, 2.45) is 0 Å². The van der Waals surface area contributed by atoms with E-state index in [4.69, 9.17) is 0 Å².